The summed E-state index contributed by atoms with van der Waals surface area (Å²) in [7, 11) is 0. The molecule has 4 nitrogen and oxygen atoms in total. The number of aliphatic carboxylic acids is 1. The fourth-order valence-electron chi connectivity index (χ4n) is 1.98. The Morgan fingerprint density at radius 3 is 3.21 bits per heavy atom. The lowest BCUT2D eigenvalue weighted by atomic mass is 9.91. The second-order valence-corrected chi connectivity index (χ2v) is 3.67. The van der Waals surface area contributed by atoms with Crippen molar-refractivity contribution in [1.29, 1.82) is 0 Å². The number of nitrogens with one attached hydrogen (secondary N) is 2. The summed E-state index contributed by atoms with van der Waals surface area (Å²) in [5, 5.41) is 8.97. The average molecular weight is 194 g/mol. The lowest BCUT2D eigenvalue weighted by Gasteiger charge is -2.15. The van der Waals surface area contributed by atoms with Gasteiger partial charge in [0.1, 0.15) is 6.04 Å². The highest BCUT2D eigenvalue weighted by Crippen LogP contribution is 2.26. The zero-order valence-corrected chi connectivity index (χ0v) is 7.86. The minimum absolute atomic E-state index is 0.0949. The van der Waals surface area contributed by atoms with Gasteiger partial charge in [-0.05, 0) is 25.3 Å². The third-order valence-electron chi connectivity index (χ3n) is 2.74. The first-order valence-corrected chi connectivity index (χ1v) is 4.90. The van der Waals surface area contributed by atoms with Gasteiger partial charge in [0.05, 0.1) is 0 Å². The first-order chi connectivity index (χ1) is 6.79. The van der Waals surface area contributed by atoms with E-state index in [0.717, 1.165) is 25.0 Å². The largest absolute Gasteiger partial charge is 0.480 e. The van der Waals surface area contributed by atoms with E-state index in [1.165, 1.54) is 0 Å². The molecule has 2 unspecified atom stereocenters. The van der Waals surface area contributed by atoms with Gasteiger partial charge in [-0.25, -0.2) is 5.43 Å². The molecule has 2 aliphatic rings. The number of carbonyl (C=O) groups is 1. The first-order valence-electron chi connectivity index (χ1n) is 4.90. The SMILES string of the molecule is O=C(O)C1NN/C2=C/C=C\CCCC21. The quantitative estimate of drug-likeness (QED) is 0.577. The highest BCUT2D eigenvalue weighted by atomic mass is 16.4. The molecule has 0 amide bonds. The predicted molar refractivity (Wildman–Crippen MR) is 52.3 cm³/mol. The summed E-state index contributed by atoms with van der Waals surface area (Å²) in [6, 6.07) is -0.479. The summed E-state index contributed by atoms with van der Waals surface area (Å²) in [6.07, 6.45) is 9.06. The number of hydrazine groups is 1. The summed E-state index contributed by atoms with van der Waals surface area (Å²) >= 11 is 0. The van der Waals surface area contributed by atoms with E-state index in [0.29, 0.717) is 0 Å². The van der Waals surface area contributed by atoms with Gasteiger partial charge < -0.3 is 10.5 Å². The second kappa shape index (κ2) is 3.84. The van der Waals surface area contributed by atoms with Gasteiger partial charge >= 0.3 is 5.97 Å². The summed E-state index contributed by atoms with van der Waals surface area (Å²) < 4.78 is 0. The minimum atomic E-state index is -0.782. The van der Waals surface area contributed by atoms with E-state index in [-0.39, 0.29) is 5.92 Å². The second-order valence-electron chi connectivity index (χ2n) is 3.67. The maximum atomic E-state index is 10.9. The van der Waals surface area contributed by atoms with Crippen molar-refractivity contribution >= 4 is 5.97 Å². The normalized spacial score (nSPS) is 37.0. The fourth-order valence-corrected chi connectivity index (χ4v) is 1.98. The molecule has 1 heterocycles. The Bertz CT molecular complexity index is 296. The van der Waals surface area contributed by atoms with Crippen LogP contribution in [0.2, 0.25) is 0 Å². The van der Waals surface area contributed by atoms with Crippen LogP contribution in [0.3, 0.4) is 0 Å². The van der Waals surface area contributed by atoms with Crippen LogP contribution in [0.4, 0.5) is 0 Å². The molecule has 1 fully saturated rings. The van der Waals surface area contributed by atoms with Crippen molar-refractivity contribution in [2.45, 2.75) is 25.3 Å². The number of hydrogen-bond donors (Lipinski definition) is 3. The molecule has 1 aliphatic carbocycles. The molecule has 14 heavy (non-hydrogen) atoms. The first kappa shape index (κ1) is 9.27. The van der Waals surface area contributed by atoms with Gasteiger partial charge in [0, 0.05) is 11.6 Å². The van der Waals surface area contributed by atoms with Crippen LogP contribution in [0.1, 0.15) is 19.3 Å². The number of allylic oxidation sites excluding steroid dienone is 3. The van der Waals surface area contributed by atoms with Crippen LogP contribution in [0, 0.1) is 5.92 Å². The van der Waals surface area contributed by atoms with E-state index in [9.17, 15) is 4.79 Å². The summed E-state index contributed by atoms with van der Waals surface area (Å²) in [6.45, 7) is 0. The third-order valence-corrected chi connectivity index (χ3v) is 2.74. The third kappa shape index (κ3) is 1.65. The standard InChI is InChI=1S/C10H14N2O2/c13-10(14)9-7-5-3-1-2-4-6-8(7)11-12-9/h2,4,6-7,9,11-12H,1,3,5H2,(H,13,14)/b4-2-,8-6+. The predicted octanol–water partition coefficient (Wildman–Crippen LogP) is 0.788. The van der Waals surface area contributed by atoms with Crippen molar-refractivity contribution in [2.75, 3.05) is 0 Å². The molecule has 0 aromatic carbocycles. The Kier molecular flexibility index (Phi) is 2.54. The number of carboxylic acid groups (broad SMARTS) is 1. The highest BCUT2D eigenvalue weighted by molar-refractivity contribution is 5.75. The Morgan fingerprint density at radius 1 is 1.57 bits per heavy atom. The molecule has 76 valence electrons. The molecule has 2 atom stereocenters. The topological polar surface area (TPSA) is 61.4 Å². The van der Waals surface area contributed by atoms with Gasteiger partial charge in [0.25, 0.3) is 0 Å². The number of fused-ring (bicyclic) bond motifs is 1. The minimum Gasteiger partial charge on any atom is -0.480 e. The molecule has 1 saturated heterocycles. The van der Waals surface area contributed by atoms with Crippen LogP contribution in [0.5, 0.6) is 0 Å². The molecule has 2 rings (SSSR count). The summed E-state index contributed by atoms with van der Waals surface area (Å²) in [5.74, 6) is -0.687. The van der Waals surface area contributed by atoms with Gasteiger partial charge in [-0.3, -0.25) is 4.79 Å². The summed E-state index contributed by atoms with van der Waals surface area (Å²) in [5.41, 5.74) is 6.73. The molecule has 0 aromatic rings. The van der Waals surface area contributed by atoms with E-state index >= 15 is 0 Å². The lowest BCUT2D eigenvalue weighted by molar-refractivity contribution is -0.140. The monoisotopic (exact) mass is 194 g/mol. The Balaban J connectivity index is 2.19. The maximum Gasteiger partial charge on any atom is 0.323 e. The van der Waals surface area contributed by atoms with Gasteiger partial charge in [-0.1, -0.05) is 12.2 Å². The lowest BCUT2D eigenvalue weighted by Crippen LogP contribution is -2.38. The molecule has 0 radical (unpaired) electrons. The summed E-state index contributed by atoms with van der Waals surface area (Å²) in [4.78, 5) is 10.9. The molecular weight excluding hydrogens is 180 g/mol. The van der Waals surface area contributed by atoms with Crippen molar-refractivity contribution in [3.05, 3.63) is 23.9 Å². The van der Waals surface area contributed by atoms with Crippen LogP contribution < -0.4 is 10.9 Å². The molecule has 0 spiro atoms. The maximum absolute atomic E-state index is 10.9. The molecular formula is C10H14N2O2. The fraction of sp³-hybridized carbons (Fsp3) is 0.500. The van der Waals surface area contributed by atoms with Crippen LogP contribution in [0.25, 0.3) is 0 Å². The van der Waals surface area contributed by atoms with E-state index in [1.54, 1.807) is 0 Å². The van der Waals surface area contributed by atoms with Crippen LogP contribution in [0.15, 0.2) is 23.9 Å². The Labute approximate surface area is 82.7 Å². The molecule has 0 aromatic heterocycles. The Morgan fingerprint density at radius 2 is 2.43 bits per heavy atom. The van der Waals surface area contributed by atoms with E-state index < -0.39 is 12.0 Å². The average Bonchev–Trinajstić information content (AvgIpc) is 2.47. The van der Waals surface area contributed by atoms with Gasteiger partial charge in [0.2, 0.25) is 0 Å². The zero-order valence-electron chi connectivity index (χ0n) is 7.86. The number of rotatable bonds is 1. The van der Waals surface area contributed by atoms with Crippen molar-refractivity contribution in [3.8, 4) is 0 Å². The molecule has 1 aliphatic heterocycles. The van der Waals surface area contributed by atoms with Crippen molar-refractivity contribution in [2.24, 2.45) is 5.92 Å². The zero-order chi connectivity index (χ0) is 9.97. The number of hydrogen-bond acceptors (Lipinski definition) is 3. The molecule has 3 N–H and O–H groups in total. The van der Waals surface area contributed by atoms with E-state index in [4.69, 9.17) is 5.11 Å². The molecule has 4 heteroatoms. The van der Waals surface area contributed by atoms with Crippen LogP contribution in [-0.2, 0) is 4.79 Å². The van der Waals surface area contributed by atoms with Gasteiger partial charge in [0.15, 0.2) is 0 Å². The molecule has 0 saturated carbocycles. The van der Waals surface area contributed by atoms with Crippen LogP contribution >= 0.6 is 0 Å². The molecule has 0 bridgehead atoms. The van der Waals surface area contributed by atoms with Crippen molar-refractivity contribution in [3.63, 3.8) is 0 Å². The smallest absolute Gasteiger partial charge is 0.323 e. The Hall–Kier alpha value is -1.29. The van der Waals surface area contributed by atoms with Crippen LogP contribution in [-0.4, -0.2) is 17.1 Å². The van der Waals surface area contributed by atoms with E-state index in [1.807, 2.05) is 12.2 Å². The van der Waals surface area contributed by atoms with Crippen molar-refractivity contribution < 1.29 is 9.90 Å². The number of carboxylic acids is 1. The van der Waals surface area contributed by atoms with Crippen molar-refractivity contribution in [1.82, 2.24) is 10.9 Å². The highest BCUT2D eigenvalue weighted by Gasteiger charge is 2.35. The van der Waals surface area contributed by atoms with E-state index in [2.05, 4.69) is 16.9 Å². The van der Waals surface area contributed by atoms with Gasteiger partial charge in [-0.2, -0.15) is 0 Å². The van der Waals surface area contributed by atoms with Gasteiger partial charge in [-0.15, -0.1) is 0 Å².